The highest BCUT2D eigenvalue weighted by atomic mass is 16.5. The second kappa shape index (κ2) is 7.00. The fraction of sp³-hybridized carbons (Fsp3) is 0.500. The largest absolute Gasteiger partial charge is 0.497 e. The molecule has 1 unspecified atom stereocenters. The maximum absolute atomic E-state index is 6.05. The van der Waals surface area contributed by atoms with Crippen LogP contribution in [0.15, 0.2) is 24.3 Å². The first-order chi connectivity index (χ1) is 12.2. The third-order valence-corrected chi connectivity index (χ3v) is 5.10. The summed E-state index contributed by atoms with van der Waals surface area (Å²) in [6.07, 6.45) is 4.68. The van der Waals surface area contributed by atoms with E-state index in [1.165, 1.54) is 24.1 Å². The van der Waals surface area contributed by atoms with Crippen LogP contribution in [-0.2, 0) is 17.6 Å². The summed E-state index contributed by atoms with van der Waals surface area (Å²) in [6.45, 7) is 4.40. The van der Waals surface area contributed by atoms with Gasteiger partial charge in [0.2, 0.25) is 0 Å². The molecule has 1 aromatic heterocycles. The number of methoxy groups -OCH3 is 1. The van der Waals surface area contributed by atoms with Gasteiger partial charge < -0.3 is 14.4 Å². The molecule has 1 aromatic carbocycles. The van der Waals surface area contributed by atoms with Crippen molar-refractivity contribution in [3.63, 3.8) is 0 Å². The Bertz CT molecular complexity index is 763. The monoisotopic (exact) mass is 339 g/mol. The normalized spacial score (nSPS) is 20.2. The highest BCUT2D eigenvalue weighted by Crippen LogP contribution is 2.32. The molecule has 0 radical (unpaired) electrons. The van der Waals surface area contributed by atoms with Crippen molar-refractivity contribution >= 4 is 5.82 Å². The lowest BCUT2D eigenvalue weighted by Gasteiger charge is -2.36. The molecule has 4 rings (SSSR count). The van der Waals surface area contributed by atoms with E-state index in [0.29, 0.717) is 6.61 Å². The molecule has 2 aliphatic rings. The minimum Gasteiger partial charge on any atom is -0.497 e. The summed E-state index contributed by atoms with van der Waals surface area (Å²) in [5.74, 6) is 2.87. The van der Waals surface area contributed by atoms with Crippen LogP contribution in [0.2, 0.25) is 0 Å². The number of benzene rings is 1. The van der Waals surface area contributed by atoms with E-state index >= 15 is 0 Å². The zero-order valence-corrected chi connectivity index (χ0v) is 15.0. The van der Waals surface area contributed by atoms with Gasteiger partial charge in [-0.05, 0) is 50.3 Å². The molecule has 1 fully saturated rings. The molecular weight excluding hydrogens is 314 g/mol. The lowest BCUT2D eigenvalue weighted by molar-refractivity contribution is 0.0393. The van der Waals surface area contributed by atoms with Crippen molar-refractivity contribution in [1.29, 1.82) is 0 Å². The van der Waals surface area contributed by atoms with Crippen LogP contribution in [0.3, 0.4) is 0 Å². The van der Waals surface area contributed by atoms with Crippen LogP contribution < -0.4 is 9.64 Å². The molecule has 5 heteroatoms. The van der Waals surface area contributed by atoms with Crippen LogP contribution >= 0.6 is 0 Å². The summed E-state index contributed by atoms with van der Waals surface area (Å²) in [5.41, 5.74) is 3.75. The molecule has 2 aromatic rings. The van der Waals surface area contributed by atoms with Crippen molar-refractivity contribution in [3.05, 3.63) is 46.9 Å². The average molecular weight is 339 g/mol. The van der Waals surface area contributed by atoms with Crippen molar-refractivity contribution in [1.82, 2.24) is 9.97 Å². The van der Waals surface area contributed by atoms with Gasteiger partial charge in [0.15, 0.2) is 0 Å². The molecule has 1 aliphatic carbocycles. The second-order valence-electron chi connectivity index (χ2n) is 6.81. The summed E-state index contributed by atoms with van der Waals surface area (Å²) < 4.78 is 11.4. The Morgan fingerprint density at radius 3 is 2.96 bits per heavy atom. The lowest BCUT2D eigenvalue weighted by Crippen LogP contribution is -2.40. The van der Waals surface area contributed by atoms with Gasteiger partial charge in [0.1, 0.15) is 23.5 Å². The topological polar surface area (TPSA) is 47.5 Å². The Hall–Kier alpha value is -2.14. The molecule has 5 nitrogen and oxygen atoms in total. The summed E-state index contributed by atoms with van der Waals surface area (Å²) in [7, 11) is 1.70. The molecule has 0 amide bonds. The number of aromatic nitrogens is 2. The van der Waals surface area contributed by atoms with E-state index in [9.17, 15) is 0 Å². The molecule has 2 heterocycles. The van der Waals surface area contributed by atoms with Gasteiger partial charge in [-0.3, -0.25) is 0 Å². The first-order valence-electron chi connectivity index (χ1n) is 9.11. The molecule has 25 heavy (non-hydrogen) atoms. The number of morpholine rings is 1. The Labute approximate surface area is 149 Å². The fourth-order valence-corrected chi connectivity index (χ4v) is 3.84. The molecule has 0 spiro atoms. The van der Waals surface area contributed by atoms with Gasteiger partial charge in [-0.1, -0.05) is 12.1 Å². The summed E-state index contributed by atoms with van der Waals surface area (Å²) in [5, 5.41) is 0. The number of hydrogen-bond acceptors (Lipinski definition) is 5. The first-order valence-corrected chi connectivity index (χ1v) is 9.11. The summed E-state index contributed by atoms with van der Waals surface area (Å²) >= 11 is 0. The predicted molar refractivity (Wildman–Crippen MR) is 97.3 cm³/mol. The molecule has 1 saturated heterocycles. The van der Waals surface area contributed by atoms with E-state index in [-0.39, 0.29) is 6.10 Å². The number of hydrogen-bond donors (Lipinski definition) is 0. The van der Waals surface area contributed by atoms with E-state index < -0.39 is 0 Å². The molecule has 1 atom stereocenters. The van der Waals surface area contributed by atoms with E-state index in [4.69, 9.17) is 14.5 Å². The second-order valence-corrected chi connectivity index (χ2v) is 6.81. The zero-order valence-electron chi connectivity index (χ0n) is 15.0. The molecule has 132 valence electrons. The van der Waals surface area contributed by atoms with Crippen LogP contribution in [0, 0.1) is 6.92 Å². The molecule has 0 N–H and O–H groups in total. The highest BCUT2D eigenvalue weighted by Gasteiger charge is 2.27. The van der Waals surface area contributed by atoms with E-state index in [0.717, 1.165) is 48.9 Å². The Balaban J connectivity index is 1.62. The van der Waals surface area contributed by atoms with Crippen LogP contribution in [0.1, 0.15) is 41.6 Å². The zero-order chi connectivity index (χ0) is 17.2. The third-order valence-electron chi connectivity index (χ3n) is 5.10. The maximum atomic E-state index is 6.05. The smallest absolute Gasteiger partial charge is 0.135 e. The van der Waals surface area contributed by atoms with E-state index in [1.807, 2.05) is 19.1 Å². The van der Waals surface area contributed by atoms with Crippen molar-refractivity contribution in [3.8, 4) is 5.75 Å². The van der Waals surface area contributed by atoms with Gasteiger partial charge >= 0.3 is 0 Å². The van der Waals surface area contributed by atoms with Crippen molar-refractivity contribution in [2.24, 2.45) is 0 Å². The van der Waals surface area contributed by atoms with Gasteiger partial charge in [-0.25, -0.2) is 9.97 Å². The van der Waals surface area contributed by atoms with Crippen molar-refractivity contribution in [2.45, 2.75) is 38.7 Å². The van der Waals surface area contributed by atoms with E-state index in [1.54, 1.807) is 7.11 Å². The van der Waals surface area contributed by atoms with Crippen LogP contribution in [-0.4, -0.2) is 36.8 Å². The van der Waals surface area contributed by atoms with Gasteiger partial charge in [-0.15, -0.1) is 0 Å². The molecule has 0 bridgehead atoms. The quantitative estimate of drug-likeness (QED) is 0.859. The van der Waals surface area contributed by atoms with Crippen LogP contribution in [0.5, 0.6) is 5.75 Å². The predicted octanol–water partition coefficient (Wildman–Crippen LogP) is 3.25. The third kappa shape index (κ3) is 3.33. The maximum Gasteiger partial charge on any atom is 0.135 e. The van der Waals surface area contributed by atoms with Crippen molar-refractivity contribution in [2.75, 3.05) is 31.7 Å². The van der Waals surface area contributed by atoms with Gasteiger partial charge in [0.25, 0.3) is 0 Å². The molecule has 1 aliphatic heterocycles. The lowest BCUT2D eigenvalue weighted by atomic mass is 9.95. The first kappa shape index (κ1) is 16.3. The van der Waals surface area contributed by atoms with Gasteiger partial charge in [-0.2, -0.15) is 0 Å². The SMILES string of the molecule is COc1cccc(C2CN(c3nc(C)nc4c3CCCC4)CCO2)c1. The Kier molecular flexibility index (Phi) is 4.57. The van der Waals surface area contributed by atoms with Gasteiger partial charge in [0.05, 0.1) is 13.7 Å². The Morgan fingerprint density at radius 2 is 2.08 bits per heavy atom. The van der Waals surface area contributed by atoms with E-state index in [2.05, 4.69) is 22.0 Å². The number of ether oxygens (including phenoxy) is 2. The number of rotatable bonds is 3. The van der Waals surface area contributed by atoms with Crippen LogP contribution in [0.25, 0.3) is 0 Å². The minimum absolute atomic E-state index is 0.0401. The summed E-state index contributed by atoms with van der Waals surface area (Å²) in [4.78, 5) is 11.9. The number of aryl methyl sites for hydroxylation is 2. The van der Waals surface area contributed by atoms with Gasteiger partial charge in [0, 0.05) is 24.3 Å². The molecular formula is C20H25N3O2. The van der Waals surface area contributed by atoms with Crippen molar-refractivity contribution < 1.29 is 9.47 Å². The number of fused-ring (bicyclic) bond motifs is 1. The average Bonchev–Trinajstić information content (AvgIpc) is 2.67. The number of anilines is 1. The summed E-state index contributed by atoms with van der Waals surface area (Å²) in [6, 6.07) is 8.16. The number of nitrogens with zero attached hydrogens (tertiary/aromatic N) is 3. The minimum atomic E-state index is 0.0401. The molecule has 0 saturated carbocycles. The highest BCUT2D eigenvalue weighted by molar-refractivity contribution is 5.51. The van der Waals surface area contributed by atoms with Crippen LogP contribution in [0.4, 0.5) is 5.82 Å². The standard InChI is InChI=1S/C20H25N3O2/c1-14-21-18-9-4-3-8-17(18)20(22-14)23-10-11-25-19(13-23)15-6-5-7-16(12-15)24-2/h5-7,12,19H,3-4,8-11,13H2,1-2H3. The fourth-order valence-electron chi connectivity index (χ4n) is 3.84. The Morgan fingerprint density at radius 1 is 1.20 bits per heavy atom.